The van der Waals surface area contributed by atoms with Crippen LogP contribution in [0.2, 0.25) is 0 Å². The smallest absolute Gasteiger partial charge is 0.0642 e. The third kappa shape index (κ3) is 7.75. The van der Waals surface area contributed by atoms with E-state index in [9.17, 15) is 0 Å². The second kappa shape index (κ2) is 10.4. The third-order valence-corrected chi connectivity index (χ3v) is 3.62. The van der Waals surface area contributed by atoms with Crippen LogP contribution in [0.3, 0.4) is 0 Å². The molecule has 1 rings (SSSR count). The van der Waals surface area contributed by atoms with Crippen molar-refractivity contribution in [3.8, 4) is 0 Å². The highest BCUT2D eigenvalue weighted by Crippen LogP contribution is 2.13. The SMILES string of the molecule is CCCCCCCCC/C(C)=C/N1CCOCC1. The standard InChI is InChI=1S/C16H31NO/c1-3-4-5-6-7-8-9-10-16(2)15-17-11-13-18-14-12-17/h15H,3-14H2,1-2H3/b16-15+. The molecule has 0 aromatic carbocycles. The Hall–Kier alpha value is -0.500. The molecule has 0 N–H and O–H groups in total. The molecule has 1 aliphatic heterocycles. The molecule has 2 nitrogen and oxygen atoms in total. The number of unbranched alkanes of at least 4 members (excludes halogenated alkanes) is 6. The highest BCUT2D eigenvalue weighted by Gasteiger charge is 2.06. The van der Waals surface area contributed by atoms with E-state index in [4.69, 9.17) is 4.74 Å². The monoisotopic (exact) mass is 253 g/mol. The normalized spacial score (nSPS) is 17.2. The summed E-state index contributed by atoms with van der Waals surface area (Å²) in [4.78, 5) is 2.40. The molecule has 1 aliphatic rings. The molecule has 0 radical (unpaired) electrons. The van der Waals surface area contributed by atoms with Gasteiger partial charge in [-0.15, -0.1) is 0 Å². The van der Waals surface area contributed by atoms with Crippen molar-refractivity contribution in [2.45, 2.75) is 65.2 Å². The van der Waals surface area contributed by atoms with E-state index in [-0.39, 0.29) is 0 Å². The van der Waals surface area contributed by atoms with E-state index in [1.807, 2.05) is 0 Å². The van der Waals surface area contributed by atoms with Crippen molar-refractivity contribution in [3.05, 3.63) is 11.8 Å². The first kappa shape index (κ1) is 15.6. The quantitative estimate of drug-likeness (QED) is 0.566. The highest BCUT2D eigenvalue weighted by atomic mass is 16.5. The lowest BCUT2D eigenvalue weighted by Crippen LogP contribution is -2.32. The summed E-state index contributed by atoms with van der Waals surface area (Å²) in [6.07, 6.45) is 13.4. The predicted molar refractivity (Wildman–Crippen MR) is 78.8 cm³/mol. The average molecular weight is 253 g/mol. The van der Waals surface area contributed by atoms with Crippen LogP contribution in [0, 0.1) is 0 Å². The van der Waals surface area contributed by atoms with Gasteiger partial charge in [-0.2, -0.15) is 0 Å². The molecule has 0 aliphatic carbocycles. The first-order chi connectivity index (χ1) is 8.83. The molecule has 1 fully saturated rings. The zero-order valence-electron chi connectivity index (χ0n) is 12.4. The number of hydrogen-bond acceptors (Lipinski definition) is 2. The van der Waals surface area contributed by atoms with E-state index in [0.29, 0.717) is 0 Å². The van der Waals surface area contributed by atoms with Crippen molar-refractivity contribution in [2.75, 3.05) is 26.3 Å². The van der Waals surface area contributed by atoms with Gasteiger partial charge in [-0.25, -0.2) is 0 Å². The van der Waals surface area contributed by atoms with Gasteiger partial charge < -0.3 is 9.64 Å². The molecule has 106 valence electrons. The van der Waals surface area contributed by atoms with Crippen molar-refractivity contribution in [1.29, 1.82) is 0 Å². The van der Waals surface area contributed by atoms with E-state index < -0.39 is 0 Å². The van der Waals surface area contributed by atoms with Crippen LogP contribution in [0.5, 0.6) is 0 Å². The second-order valence-electron chi connectivity index (χ2n) is 5.50. The van der Waals surface area contributed by atoms with Crippen LogP contribution in [0.4, 0.5) is 0 Å². The summed E-state index contributed by atoms with van der Waals surface area (Å²) in [5.74, 6) is 0. The molecule has 1 saturated heterocycles. The molecule has 0 unspecified atom stereocenters. The highest BCUT2D eigenvalue weighted by molar-refractivity contribution is 4.97. The number of morpholine rings is 1. The largest absolute Gasteiger partial charge is 0.378 e. The zero-order chi connectivity index (χ0) is 13.1. The lowest BCUT2D eigenvalue weighted by atomic mass is 10.1. The Kier molecular flexibility index (Phi) is 9.01. The Balaban J connectivity index is 1.98. The van der Waals surface area contributed by atoms with Crippen LogP contribution < -0.4 is 0 Å². The molecule has 0 aromatic rings. The molecular formula is C16H31NO. The number of ether oxygens (including phenoxy) is 1. The van der Waals surface area contributed by atoms with Crippen LogP contribution in [-0.4, -0.2) is 31.2 Å². The van der Waals surface area contributed by atoms with Crippen molar-refractivity contribution in [2.24, 2.45) is 0 Å². The minimum atomic E-state index is 0.890. The van der Waals surface area contributed by atoms with Crippen molar-refractivity contribution < 1.29 is 4.74 Å². The fourth-order valence-electron chi connectivity index (χ4n) is 2.44. The van der Waals surface area contributed by atoms with Crippen LogP contribution >= 0.6 is 0 Å². The van der Waals surface area contributed by atoms with Crippen molar-refractivity contribution in [1.82, 2.24) is 4.90 Å². The van der Waals surface area contributed by atoms with E-state index >= 15 is 0 Å². The Bertz CT molecular complexity index is 219. The number of nitrogens with zero attached hydrogens (tertiary/aromatic N) is 1. The van der Waals surface area contributed by atoms with Crippen LogP contribution in [-0.2, 0) is 4.74 Å². The maximum Gasteiger partial charge on any atom is 0.0642 e. The summed E-state index contributed by atoms with van der Waals surface area (Å²) in [5.41, 5.74) is 1.53. The fraction of sp³-hybridized carbons (Fsp3) is 0.875. The van der Waals surface area contributed by atoms with Gasteiger partial charge in [0.05, 0.1) is 13.2 Å². The van der Waals surface area contributed by atoms with Gasteiger partial charge in [-0.1, -0.05) is 51.0 Å². The topological polar surface area (TPSA) is 12.5 Å². The Morgan fingerprint density at radius 3 is 2.28 bits per heavy atom. The van der Waals surface area contributed by atoms with Gasteiger partial charge in [0.2, 0.25) is 0 Å². The maximum atomic E-state index is 5.36. The summed E-state index contributed by atoms with van der Waals surface area (Å²) in [6, 6.07) is 0. The Morgan fingerprint density at radius 2 is 1.61 bits per heavy atom. The summed E-state index contributed by atoms with van der Waals surface area (Å²) in [7, 11) is 0. The Morgan fingerprint density at radius 1 is 1.00 bits per heavy atom. The molecule has 1 heterocycles. The van der Waals surface area contributed by atoms with E-state index in [1.54, 1.807) is 0 Å². The van der Waals surface area contributed by atoms with E-state index in [2.05, 4.69) is 24.9 Å². The van der Waals surface area contributed by atoms with Gasteiger partial charge >= 0.3 is 0 Å². The third-order valence-electron chi connectivity index (χ3n) is 3.62. The van der Waals surface area contributed by atoms with Gasteiger partial charge in [0.15, 0.2) is 0 Å². The number of allylic oxidation sites excluding steroid dienone is 1. The van der Waals surface area contributed by atoms with E-state index in [0.717, 1.165) is 26.3 Å². The van der Waals surface area contributed by atoms with Gasteiger partial charge in [-0.05, 0) is 26.0 Å². The van der Waals surface area contributed by atoms with Crippen molar-refractivity contribution >= 4 is 0 Å². The lowest BCUT2D eigenvalue weighted by molar-refractivity contribution is 0.0589. The fourth-order valence-corrected chi connectivity index (χ4v) is 2.44. The number of rotatable bonds is 9. The van der Waals surface area contributed by atoms with E-state index in [1.165, 1.54) is 56.9 Å². The lowest BCUT2D eigenvalue weighted by Gasteiger charge is -2.26. The summed E-state index contributed by atoms with van der Waals surface area (Å²) < 4.78 is 5.36. The first-order valence-corrected chi connectivity index (χ1v) is 7.82. The van der Waals surface area contributed by atoms with Crippen LogP contribution in [0.25, 0.3) is 0 Å². The van der Waals surface area contributed by atoms with Gasteiger partial charge in [0.25, 0.3) is 0 Å². The predicted octanol–water partition coefficient (Wildman–Crippen LogP) is 4.36. The molecule has 0 saturated carbocycles. The number of hydrogen-bond donors (Lipinski definition) is 0. The molecule has 0 spiro atoms. The minimum absolute atomic E-state index is 0.890. The maximum absolute atomic E-state index is 5.36. The average Bonchev–Trinajstić information content (AvgIpc) is 2.39. The van der Waals surface area contributed by atoms with Crippen LogP contribution in [0.15, 0.2) is 11.8 Å². The summed E-state index contributed by atoms with van der Waals surface area (Å²) >= 11 is 0. The molecule has 18 heavy (non-hydrogen) atoms. The van der Waals surface area contributed by atoms with Gasteiger partial charge in [0.1, 0.15) is 0 Å². The summed E-state index contributed by atoms with van der Waals surface area (Å²) in [6.45, 7) is 8.46. The molecule has 0 atom stereocenters. The minimum Gasteiger partial charge on any atom is -0.378 e. The zero-order valence-corrected chi connectivity index (χ0v) is 12.4. The van der Waals surface area contributed by atoms with Crippen LogP contribution in [0.1, 0.15) is 65.2 Å². The second-order valence-corrected chi connectivity index (χ2v) is 5.50. The van der Waals surface area contributed by atoms with Gasteiger partial charge in [-0.3, -0.25) is 0 Å². The molecular weight excluding hydrogens is 222 g/mol. The van der Waals surface area contributed by atoms with Crippen molar-refractivity contribution in [3.63, 3.8) is 0 Å². The van der Waals surface area contributed by atoms with Gasteiger partial charge in [0, 0.05) is 13.1 Å². The molecule has 0 bridgehead atoms. The summed E-state index contributed by atoms with van der Waals surface area (Å²) in [5, 5.41) is 0. The first-order valence-electron chi connectivity index (χ1n) is 7.82. The molecule has 0 amide bonds. The Labute approximate surface area is 113 Å². The molecule has 0 aromatic heterocycles. The molecule has 2 heteroatoms.